The number of hydrogen-bond donors (Lipinski definition) is 0. The standard InChI is InChI=1S/C18H26IN3O2S/c1-11(2)22-15(7-16(19)20-22)17-13-5-12(6-14(13)17)21-4-3-18(8-21)9-25(23,24)10-18/h7,11-14,17H,3-6,8-10H2,1-2H3/t12-,13+,14-,17-. The molecule has 4 fully saturated rings. The highest BCUT2D eigenvalue weighted by Gasteiger charge is 2.60. The van der Waals surface area contributed by atoms with E-state index in [9.17, 15) is 8.42 Å². The molecule has 0 bridgehead atoms. The minimum absolute atomic E-state index is 0.109. The zero-order valence-corrected chi connectivity index (χ0v) is 17.8. The summed E-state index contributed by atoms with van der Waals surface area (Å²) in [4.78, 5) is 2.61. The first-order valence-electron chi connectivity index (χ1n) is 9.46. The van der Waals surface area contributed by atoms with Gasteiger partial charge < -0.3 is 0 Å². The van der Waals surface area contributed by atoms with Crippen molar-refractivity contribution >= 4 is 32.4 Å². The van der Waals surface area contributed by atoms with E-state index < -0.39 is 9.84 Å². The molecule has 138 valence electrons. The topological polar surface area (TPSA) is 55.2 Å². The lowest BCUT2D eigenvalue weighted by Crippen LogP contribution is -2.50. The summed E-state index contributed by atoms with van der Waals surface area (Å²) in [5.74, 6) is 3.21. The highest BCUT2D eigenvalue weighted by atomic mass is 127. The first-order chi connectivity index (χ1) is 11.8. The van der Waals surface area contributed by atoms with Crippen LogP contribution in [0.25, 0.3) is 0 Å². The Balaban J connectivity index is 1.23. The summed E-state index contributed by atoms with van der Waals surface area (Å²) in [5, 5.41) is 4.68. The first kappa shape index (κ1) is 17.0. The average molecular weight is 475 g/mol. The molecule has 1 spiro atoms. The third-order valence-electron chi connectivity index (χ3n) is 7.02. The van der Waals surface area contributed by atoms with Crippen LogP contribution in [0.3, 0.4) is 0 Å². The minimum atomic E-state index is -2.71. The Morgan fingerprint density at radius 3 is 2.56 bits per heavy atom. The van der Waals surface area contributed by atoms with Gasteiger partial charge in [-0.05, 0) is 80.1 Å². The van der Waals surface area contributed by atoms with E-state index >= 15 is 0 Å². The Morgan fingerprint density at radius 2 is 1.96 bits per heavy atom. The second-order valence-corrected chi connectivity index (χ2v) is 12.3. The van der Waals surface area contributed by atoms with Crippen molar-refractivity contribution < 1.29 is 8.42 Å². The summed E-state index contributed by atoms with van der Waals surface area (Å²) in [7, 11) is -2.71. The van der Waals surface area contributed by atoms with Crippen LogP contribution in [0, 0.1) is 21.0 Å². The van der Waals surface area contributed by atoms with Gasteiger partial charge in [-0.3, -0.25) is 9.58 Å². The Labute approximate surface area is 163 Å². The quantitative estimate of drug-likeness (QED) is 0.631. The van der Waals surface area contributed by atoms with E-state index in [1.807, 2.05) is 0 Å². The molecule has 5 rings (SSSR count). The van der Waals surface area contributed by atoms with Crippen LogP contribution in [-0.4, -0.2) is 53.7 Å². The minimum Gasteiger partial charge on any atom is -0.300 e. The maximum Gasteiger partial charge on any atom is 0.151 e. The average Bonchev–Trinajstić information content (AvgIpc) is 2.93. The largest absolute Gasteiger partial charge is 0.300 e. The Bertz CT molecular complexity index is 794. The Kier molecular flexibility index (Phi) is 3.69. The lowest BCUT2D eigenvalue weighted by Gasteiger charge is -2.38. The van der Waals surface area contributed by atoms with Gasteiger partial charge in [0.15, 0.2) is 9.84 Å². The number of aromatic nitrogens is 2. The van der Waals surface area contributed by atoms with Crippen LogP contribution in [0.4, 0.5) is 0 Å². The predicted molar refractivity (Wildman–Crippen MR) is 105 cm³/mol. The molecule has 1 aromatic heterocycles. The molecule has 0 aromatic carbocycles. The smallest absolute Gasteiger partial charge is 0.151 e. The molecule has 4 aliphatic rings. The van der Waals surface area contributed by atoms with Crippen LogP contribution in [0.15, 0.2) is 6.07 Å². The van der Waals surface area contributed by atoms with Crippen molar-refractivity contribution in [3.8, 4) is 0 Å². The fourth-order valence-corrected chi connectivity index (χ4v) is 8.80. The molecule has 0 N–H and O–H groups in total. The summed E-state index contributed by atoms with van der Waals surface area (Å²) in [6.45, 7) is 6.54. The van der Waals surface area contributed by atoms with Crippen LogP contribution < -0.4 is 0 Å². The van der Waals surface area contributed by atoms with Gasteiger partial charge in [-0.1, -0.05) is 0 Å². The summed E-state index contributed by atoms with van der Waals surface area (Å²) >= 11 is 2.33. The normalized spacial score (nSPS) is 38.2. The van der Waals surface area contributed by atoms with Crippen LogP contribution >= 0.6 is 22.6 Å². The maximum atomic E-state index is 11.6. The van der Waals surface area contributed by atoms with Crippen molar-refractivity contribution in [1.29, 1.82) is 0 Å². The third-order valence-corrected chi connectivity index (χ3v) is 9.65. The molecule has 0 unspecified atom stereocenters. The monoisotopic (exact) mass is 475 g/mol. The molecule has 2 aliphatic carbocycles. The van der Waals surface area contributed by atoms with Crippen molar-refractivity contribution in [2.45, 2.75) is 51.1 Å². The second kappa shape index (κ2) is 5.44. The molecule has 5 nitrogen and oxygen atoms in total. The highest BCUT2D eigenvalue weighted by Crippen LogP contribution is 2.64. The van der Waals surface area contributed by atoms with E-state index in [-0.39, 0.29) is 5.41 Å². The molecule has 2 saturated carbocycles. The number of hydrogen-bond acceptors (Lipinski definition) is 4. The van der Waals surface area contributed by atoms with Gasteiger partial charge >= 0.3 is 0 Å². The molecular weight excluding hydrogens is 449 g/mol. The number of sulfone groups is 1. The number of halogens is 1. The van der Waals surface area contributed by atoms with Gasteiger partial charge in [0.2, 0.25) is 0 Å². The first-order valence-corrected chi connectivity index (χ1v) is 12.4. The fraction of sp³-hybridized carbons (Fsp3) is 0.833. The van der Waals surface area contributed by atoms with Crippen LogP contribution in [0.2, 0.25) is 0 Å². The van der Waals surface area contributed by atoms with Gasteiger partial charge in [0, 0.05) is 35.7 Å². The van der Waals surface area contributed by atoms with Gasteiger partial charge in [-0.25, -0.2) is 8.42 Å². The summed E-state index contributed by atoms with van der Waals surface area (Å²) in [5.41, 5.74) is 1.55. The number of rotatable bonds is 3. The predicted octanol–water partition coefficient (Wildman–Crippen LogP) is 2.68. The molecule has 1 aromatic rings. The molecule has 3 heterocycles. The molecule has 25 heavy (non-hydrogen) atoms. The van der Waals surface area contributed by atoms with E-state index in [0.29, 0.717) is 29.5 Å². The van der Waals surface area contributed by atoms with Gasteiger partial charge in [0.25, 0.3) is 0 Å². The van der Waals surface area contributed by atoms with Crippen molar-refractivity contribution in [3.63, 3.8) is 0 Å². The van der Waals surface area contributed by atoms with E-state index in [0.717, 1.165) is 35.0 Å². The maximum absolute atomic E-state index is 11.6. The fourth-order valence-electron chi connectivity index (χ4n) is 6.00. The van der Waals surface area contributed by atoms with E-state index in [2.05, 4.69) is 57.2 Å². The van der Waals surface area contributed by atoms with E-state index in [1.165, 1.54) is 18.5 Å². The van der Waals surface area contributed by atoms with Crippen molar-refractivity contribution in [2.75, 3.05) is 24.6 Å². The summed E-state index contributed by atoms with van der Waals surface area (Å²) in [6.07, 6.45) is 3.66. The Hall–Kier alpha value is -0.150. The van der Waals surface area contributed by atoms with Gasteiger partial charge in [0.1, 0.15) is 3.70 Å². The van der Waals surface area contributed by atoms with Crippen LogP contribution in [-0.2, 0) is 9.84 Å². The Morgan fingerprint density at radius 1 is 1.28 bits per heavy atom. The van der Waals surface area contributed by atoms with Crippen molar-refractivity contribution in [3.05, 3.63) is 15.5 Å². The molecule has 7 heteroatoms. The van der Waals surface area contributed by atoms with E-state index in [1.54, 1.807) is 0 Å². The number of likely N-dealkylation sites (tertiary alicyclic amines) is 1. The zero-order valence-electron chi connectivity index (χ0n) is 14.9. The zero-order chi connectivity index (χ0) is 17.6. The molecule has 4 atom stereocenters. The molecule has 0 amide bonds. The lowest BCUT2D eigenvalue weighted by molar-refractivity contribution is 0.201. The molecule has 2 saturated heterocycles. The van der Waals surface area contributed by atoms with Crippen LogP contribution in [0.5, 0.6) is 0 Å². The third kappa shape index (κ3) is 2.71. The summed E-state index contributed by atoms with van der Waals surface area (Å²) < 4.78 is 26.5. The van der Waals surface area contributed by atoms with Crippen molar-refractivity contribution in [2.24, 2.45) is 17.3 Å². The molecule has 0 radical (unpaired) electrons. The number of nitrogens with zero attached hydrogens (tertiary/aromatic N) is 3. The molecule has 2 aliphatic heterocycles. The second-order valence-electron chi connectivity index (χ2n) is 9.16. The lowest BCUT2D eigenvalue weighted by atomic mass is 9.91. The SMILES string of the molecule is CC(C)n1nc(I)cc1[C@H]1[C@@H]2C[C@H](N3CCC4(C3)CS(=O)(=O)C4)C[C@@H]21. The van der Waals surface area contributed by atoms with Crippen LogP contribution in [0.1, 0.15) is 50.8 Å². The van der Waals surface area contributed by atoms with Gasteiger partial charge in [-0.2, -0.15) is 5.10 Å². The van der Waals surface area contributed by atoms with E-state index in [4.69, 9.17) is 0 Å². The van der Waals surface area contributed by atoms with Gasteiger partial charge in [-0.15, -0.1) is 0 Å². The number of fused-ring (bicyclic) bond motifs is 1. The summed E-state index contributed by atoms with van der Waals surface area (Å²) in [6, 6.07) is 3.39. The molecular formula is C18H26IN3O2S. The van der Waals surface area contributed by atoms with Crippen molar-refractivity contribution in [1.82, 2.24) is 14.7 Å². The van der Waals surface area contributed by atoms with Gasteiger partial charge in [0.05, 0.1) is 11.5 Å². The highest BCUT2D eigenvalue weighted by molar-refractivity contribution is 14.1.